The van der Waals surface area contributed by atoms with Crippen LogP contribution in [0.3, 0.4) is 0 Å². The molecule has 0 saturated heterocycles. The maximum atomic E-state index is 8.25. The van der Waals surface area contributed by atoms with E-state index in [9.17, 15) is 0 Å². The predicted molar refractivity (Wildman–Crippen MR) is 36.9 cm³/mol. The molecule has 0 bridgehead atoms. The van der Waals surface area contributed by atoms with Crippen molar-refractivity contribution in [1.82, 2.24) is 0 Å². The summed E-state index contributed by atoms with van der Waals surface area (Å²) in [5, 5.41) is 8.25. The molecule has 0 fully saturated rings. The third-order valence-electron chi connectivity index (χ3n) is 0.662. The molecule has 0 spiro atoms. The van der Waals surface area contributed by atoms with Crippen LogP contribution < -0.4 is 11.5 Å². The summed E-state index contributed by atoms with van der Waals surface area (Å²) in [5.41, 5.74) is 10.6. The molecule has 0 amide bonds. The fourth-order valence-corrected chi connectivity index (χ4v) is 0.271. The van der Waals surface area contributed by atoms with Gasteiger partial charge in [-0.1, -0.05) is 0 Å². The molecule has 0 unspecified atom stereocenters. The number of nitrogens with two attached hydrogens (primary N) is 2. The molecule has 0 heterocycles. The van der Waals surface area contributed by atoms with Gasteiger partial charge in [0.2, 0.25) is 0 Å². The normalized spacial score (nSPS) is 12.8. The Morgan fingerprint density at radius 3 is 2.78 bits per heavy atom. The van der Waals surface area contributed by atoms with Crippen molar-refractivity contribution in [2.24, 2.45) is 16.5 Å². The molecule has 0 aliphatic heterocycles. The molecule has 0 rings (SSSR count). The van der Waals surface area contributed by atoms with Gasteiger partial charge in [-0.15, -0.1) is 0 Å². The van der Waals surface area contributed by atoms with Gasteiger partial charge in [-0.05, 0) is 0 Å². The Bertz CT molecular complexity index is 119. The quantitative estimate of drug-likeness (QED) is 0.419. The fourth-order valence-electron chi connectivity index (χ4n) is 0.271. The molecule has 4 nitrogen and oxygen atoms in total. The minimum atomic E-state index is 0.0361. The highest BCUT2D eigenvalue weighted by molar-refractivity contribution is 5.76. The van der Waals surface area contributed by atoms with E-state index in [4.69, 9.17) is 16.6 Å². The van der Waals surface area contributed by atoms with Crippen molar-refractivity contribution in [3.8, 4) is 0 Å². The number of aliphatic imine (C=N–C) groups is 1. The number of aliphatic hydroxyl groups excluding tert-OH is 1. The monoisotopic (exact) mass is 129 g/mol. The molecule has 0 atom stereocenters. The number of nitrogens with zero attached hydrogens (tertiary/aromatic N) is 1. The average Bonchev–Trinajstić information content (AvgIpc) is 1.89. The first-order valence-electron chi connectivity index (χ1n) is 2.59. The molecule has 0 aromatic heterocycles. The van der Waals surface area contributed by atoms with Crippen LogP contribution >= 0.6 is 0 Å². The SMILES string of the molecule is N/C=C(/N)C=NCCO. The summed E-state index contributed by atoms with van der Waals surface area (Å²) in [7, 11) is 0. The van der Waals surface area contributed by atoms with E-state index in [0.717, 1.165) is 0 Å². The summed E-state index contributed by atoms with van der Waals surface area (Å²) in [6.45, 7) is 0.406. The summed E-state index contributed by atoms with van der Waals surface area (Å²) < 4.78 is 0. The van der Waals surface area contributed by atoms with Crippen molar-refractivity contribution in [3.63, 3.8) is 0 Å². The highest BCUT2D eigenvalue weighted by atomic mass is 16.3. The zero-order valence-corrected chi connectivity index (χ0v) is 5.12. The Kier molecular flexibility index (Phi) is 4.53. The largest absolute Gasteiger partial charge is 0.403 e. The van der Waals surface area contributed by atoms with Gasteiger partial charge in [0.15, 0.2) is 0 Å². The molecule has 0 aromatic rings. The molecule has 0 aromatic carbocycles. The second-order valence-corrected chi connectivity index (χ2v) is 1.43. The van der Waals surface area contributed by atoms with Crippen molar-refractivity contribution in [1.29, 1.82) is 0 Å². The van der Waals surface area contributed by atoms with Crippen LogP contribution in [-0.4, -0.2) is 24.5 Å². The van der Waals surface area contributed by atoms with Crippen LogP contribution in [0.25, 0.3) is 0 Å². The van der Waals surface area contributed by atoms with Gasteiger partial charge in [-0.2, -0.15) is 0 Å². The Morgan fingerprint density at radius 1 is 1.67 bits per heavy atom. The number of allylic oxidation sites excluding steroid dienone is 1. The topological polar surface area (TPSA) is 84.6 Å². The minimum absolute atomic E-state index is 0.0361. The Balaban J connectivity index is 3.45. The maximum Gasteiger partial charge on any atom is 0.0652 e. The van der Waals surface area contributed by atoms with Crippen LogP contribution in [0.4, 0.5) is 0 Å². The molecule has 0 saturated carbocycles. The van der Waals surface area contributed by atoms with Crippen molar-refractivity contribution < 1.29 is 5.11 Å². The molecule has 52 valence electrons. The van der Waals surface area contributed by atoms with Crippen LogP contribution in [0.1, 0.15) is 0 Å². The highest BCUT2D eigenvalue weighted by Crippen LogP contribution is 1.72. The maximum absolute atomic E-state index is 8.25. The summed E-state index contributed by atoms with van der Waals surface area (Å²) in [4.78, 5) is 3.71. The van der Waals surface area contributed by atoms with Gasteiger partial charge in [0.1, 0.15) is 0 Å². The molecule has 5 N–H and O–H groups in total. The second-order valence-electron chi connectivity index (χ2n) is 1.43. The summed E-state index contributed by atoms with van der Waals surface area (Å²) in [5.74, 6) is 0. The number of hydrogen-bond donors (Lipinski definition) is 3. The van der Waals surface area contributed by atoms with Crippen LogP contribution in [0.15, 0.2) is 16.9 Å². The van der Waals surface area contributed by atoms with Crippen LogP contribution in [0.5, 0.6) is 0 Å². The molecule has 0 radical (unpaired) electrons. The van der Waals surface area contributed by atoms with Gasteiger partial charge in [0.25, 0.3) is 0 Å². The fraction of sp³-hybridized carbons (Fsp3) is 0.400. The smallest absolute Gasteiger partial charge is 0.0652 e. The van der Waals surface area contributed by atoms with Crippen molar-refractivity contribution in [3.05, 3.63) is 11.9 Å². The third kappa shape index (κ3) is 4.83. The molecular weight excluding hydrogens is 118 g/mol. The van der Waals surface area contributed by atoms with Crippen molar-refractivity contribution in [2.75, 3.05) is 13.2 Å². The number of rotatable bonds is 3. The number of hydrogen-bond acceptors (Lipinski definition) is 4. The van der Waals surface area contributed by atoms with E-state index in [0.29, 0.717) is 12.2 Å². The number of aliphatic hydroxyl groups is 1. The Morgan fingerprint density at radius 2 is 2.33 bits per heavy atom. The van der Waals surface area contributed by atoms with Crippen molar-refractivity contribution in [2.45, 2.75) is 0 Å². The summed E-state index contributed by atoms with van der Waals surface area (Å²) in [6, 6.07) is 0. The van der Waals surface area contributed by atoms with E-state index < -0.39 is 0 Å². The van der Waals surface area contributed by atoms with E-state index in [1.54, 1.807) is 0 Å². The van der Waals surface area contributed by atoms with Gasteiger partial charge in [0.05, 0.1) is 18.8 Å². The first-order valence-corrected chi connectivity index (χ1v) is 2.59. The molecule has 0 aliphatic rings. The van der Waals surface area contributed by atoms with Crippen LogP contribution in [-0.2, 0) is 0 Å². The van der Waals surface area contributed by atoms with E-state index in [1.807, 2.05) is 0 Å². The zero-order valence-electron chi connectivity index (χ0n) is 5.12. The lowest BCUT2D eigenvalue weighted by atomic mass is 10.5. The third-order valence-corrected chi connectivity index (χ3v) is 0.662. The van der Waals surface area contributed by atoms with E-state index >= 15 is 0 Å². The predicted octanol–water partition coefficient (Wildman–Crippen LogP) is -1.19. The first kappa shape index (κ1) is 7.97. The molecule has 0 aliphatic carbocycles. The molecule has 4 heteroatoms. The lowest BCUT2D eigenvalue weighted by Crippen LogP contribution is -2.02. The van der Waals surface area contributed by atoms with Crippen LogP contribution in [0.2, 0.25) is 0 Å². The average molecular weight is 129 g/mol. The first-order chi connectivity index (χ1) is 4.31. The Labute approximate surface area is 53.9 Å². The van der Waals surface area contributed by atoms with Gasteiger partial charge in [0, 0.05) is 12.4 Å². The van der Waals surface area contributed by atoms with Gasteiger partial charge >= 0.3 is 0 Å². The lowest BCUT2D eigenvalue weighted by Gasteiger charge is -1.87. The minimum Gasteiger partial charge on any atom is -0.403 e. The van der Waals surface area contributed by atoms with Crippen molar-refractivity contribution >= 4 is 6.21 Å². The Hall–Kier alpha value is -1.03. The highest BCUT2D eigenvalue weighted by Gasteiger charge is 1.77. The lowest BCUT2D eigenvalue weighted by molar-refractivity contribution is 0.307. The molecule has 9 heavy (non-hydrogen) atoms. The summed E-state index contributed by atoms with van der Waals surface area (Å²) in [6.07, 6.45) is 2.66. The van der Waals surface area contributed by atoms with E-state index in [2.05, 4.69) is 4.99 Å². The van der Waals surface area contributed by atoms with Gasteiger partial charge in [-0.3, -0.25) is 4.99 Å². The molecular formula is C5H11N3O. The standard InChI is InChI=1S/C5H11N3O/c6-3-5(7)4-8-1-2-9/h3-4,9H,1-2,6-7H2/b5-3+,8-4?. The van der Waals surface area contributed by atoms with Crippen LogP contribution in [0, 0.1) is 0 Å². The van der Waals surface area contributed by atoms with E-state index in [-0.39, 0.29) is 6.61 Å². The second kappa shape index (κ2) is 5.11. The van der Waals surface area contributed by atoms with Gasteiger partial charge in [-0.25, -0.2) is 0 Å². The zero-order chi connectivity index (χ0) is 7.11. The van der Waals surface area contributed by atoms with Gasteiger partial charge < -0.3 is 16.6 Å². The van der Waals surface area contributed by atoms with E-state index in [1.165, 1.54) is 12.4 Å². The summed E-state index contributed by atoms with van der Waals surface area (Å²) >= 11 is 0.